The van der Waals surface area contributed by atoms with Gasteiger partial charge in [-0.1, -0.05) is 13.8 Å². The fraction of sp³-hybridized carbons (Fsp3) is 0.350. The largest absolute Gasteiger partial charge is 0.471 e. The number of hydrogen-bond acceptors (Lipinski definition) is 9. The van der Waals surface area contributed by atoms with Crippen LogP contribution in [-0.4, -0.2) is 43.1 Å². The molecule has 10 heteroatoms. The Kier molecular flexibility index (Phi) is 5.01. The Hall–Kier alpha value is -3.11. The molecule has 4 aromatic rings. The Balaban J connectivity index is 1.26. The van der Waals surface area contributed by atoms with E-state index in [9.17, 15) is 0 Å². The minimum atomic E-state index is -0.121. The maximum Gasteiger partial charge on any atom is 0.237 e. The molecule has 4 aromatic heterocycles. The lowest BCUT2D eigenvalue weighted by atomic mass is 10.1. The summed E-state index contributed by atoms with van der Waals surface area (Å²) in [6.07, 6.45) is 3.92. The summed E-state index contributed by atoms with van der Waals surface area (Å²) in [5, 5.41) is 18.8. The van der Waals surface area contributed by atoms with E-state index in [4.69, 9.17) is 9.47 Å². The van der Waals surface area contributed by atoms with Crippen LogP contribution < -0.4 is 10.1 Å². The SMILES string of the molecule is CC(C)c1ccnnc1O[C@H]1CO[C@@H](c2cc(Nc3nccc4ncsc34)n[nH]2)C1. The number of rotatable bonds is 6. The molecule has 0 amide bonds. The maximum atomic E-state index is 6.10. The van der Waals surface area contributed by atoms with Gasteiger partial charge < -0.3 is 14.8 Å². The van der Waals surface area contributed by atoms with Crippen LogP contribution in [0, 0.1) is 0 Å². The number of anilines is 2. The number of aromatic nitrogens is 6. The molecule has 0 aromatic carbocycles. The first kappa shape index (κ1) is 18.9. The van der Waals surface area contributed by atoms with Gasteiger partial charge in [-0.05, 0) is 18.1 Å². The normalized spacial score (nSPS) is 18.9. The molecule has 5 heterocycles. The van der Waals surface area contributed by atoms with E-state index in [2.05, 4.69) is 49.5 Å². The molecule has 0 radical (unpaired) electrons. The van der Waals surface area contributed by atoms with Crippen LogP contribution >= 0.6 is 11.3 Å². The summed E-state index contributed by atoms with van der Waals surface area (Å²) in [5.74, 6) is 2.32. The number of ether oxygens (including phenoxy) is 2. The Morgan fingerprint density at radius 1 is 1.27 bits per heavy atom. The van der Waals surface area contributed by atoms with E-state index in [1.54, 1.807) is 23.7 Å². The number of fused-ring (bicyclic) bond motifs is 1. The lowest BCUT2D eigenvalue weighted by Crippen LogP contribution is -2.18. The van der Waals surface area contributed by atoms with Crippen molar-refractivity contribution in [1.82, 2.24) is 30.4 Å². The molecule has 30 heavy (non-hydrogen) atoms. The minimum absolute atomic E-state index is 0.0866. The Morgan fingerprint density at radius 2 is 2.20 bits per heavy atom. The molecule has 5 rings (SSSR count). The van der Waals surface area contributed by atoms with Crippen LogP contribution in [0.4, 0.5) is 11.6 Å². The summed E-state index contributed by atoms with van der Waals surface area (Å²) in [6, 6.07) is 5.78. The highest BCUT2D eigenvalue weighted by Gasteiger charge is 2.30. The molecule has 0 bridgehead atoms. The van der Waals surface area contributed by atoms with Gasteiger partial charge in [0.2, 0.25) is 5.88 Å². The molecule has 1 fully saturated rings. The predicted octanol–water partition coefficient (Wildman–Crippen LogP) is 3.98. The maximum absolute atomic E-state index is 6.10. The van der Waals surface area contributed by atoms with Gasteiger partial charge in [-0.2, -0.15) is 10.2 Å². The Morgan fingerprint density at radius 3 is 3.10 bits per heavy atom. The number of nitrogens with zero attached hydrogens (tertiary/aromatic N) is 5. The molecule has 1 aliphatic heterocycles. The van der Waals surface area contributed by atoms with Crippen molar-refractivity contribution in [2.45, 2.75) is 38.4 Å². The number of aromatic amines is 1. The van der Waals surface area contributed by atoms with E-state index in [0.29, 0.717) is 30.6 Å². The lowest BCUT2D eigenvalue weighted by Gasteiger charge is -2.15. The zero-order valence-corrected chi connectivity index (χ0v) is 17.4. The second-order valence-electron chi connectivity index (χ2n) is 7.44. The first-order valence-corrected chi connectivity index (χ1v) is 10.7. The van der Waals surface area contributed by atoms with Gasteiger partial charge >= 0.3 is 0 Å². The molecule has 2 N–H and O–H groups in total. The first-order chi connectivity index (χ1) is 14.7. The van der Waals surface area contributed by atoms with Crippen molar-refractivity contribution in [3.8, 4) is 5.88 Å². The second-order valence-corrected chi connectivity index (χ2v) is 8.29. The van der Waals surface area contributed by atoms with E-state index in [-0.39, 0.29) is 12.2 Å². The smallest absolute Gasteiger partial charge is 0.237 e. The van der Waals surface area contributed by atoms with Crippen LogP contribution in [0.5, 0.6) is 5.88 Å². The summed E-state index contributed by atoms with van der Waals surface area (Å²) >= 11 is 1.54. The Bertz CT molecular complexity index is 1160. The van der Waals surface area contributed by atoms with Gasteiger partial charge in [0.05, 0.1) is 34.2 Å². The average Bonchev–Trinajstić information content (AvgIpc) is 3.49. The topological polar surface area (TPSA) is 111 Å². The van der Waals surface area contributed by atoms with Crippen molar-refractivity contribution in [1.29, 1.82) is 0 Å². The van der Waals surface area contributed by atoms with E-state index < -0.39 is 0 Å². The van der Waals surface area contributed by atoms with Crippen LogP contribution in [0.1, 0.15) is 43.5 Å². The fourth-order valence-corrected chi connectivity index (χ4v) is 4.21. The van der Waals surface area contributed by atoms with E-state index in [1.807, 2.05) is 23.7 Å². The first-order valence-electron chi connectivity index (χ1n) is 9.77. The summed E-state index contributed by atoms with van der Waals surface area (Å²) in [7, 11) is 0. The van der Waals surface area contributed by atoms with Crippen LogP contribution in [0.25, 0.3) is 10.2 Å². The highest BCUT2D eigenvalue weighted by molar-refractivity contribution is 7.17. The third-order valence-corrected chi connectivity index (χ3v) is 5.86. The number of pyridine rings is 1. The monoisotopic (exact) mass is 423 g/mol. The predicted molar refractivity (Wildman–Crippen MR) is 113 cm³/mol. The molecule has 0 aliphatic carbocycles. The highest BCUT2D eigenvalue weighted by Crippen LogP contribution is 2.33. The van der Waals surface area contributed by atoms with Crippen molar-refractivity contribution >= 4 is 33.2 Å². The molecule has 154 valence electrons. The van der Waals surface area contributed by atoms with Crippen LogP contribution in [-0.2, 0) is 4.74 Å². The van der Waals surface area contributed by atoms with E-state index >= 15 is 0 Å². The second kappa shape index (κ2) is 7.96. The van der Waals surface area contributed by atoms with E-state index in [0.717, 1.165) is 27.3 Å². The molecular weight excluding hydrogens is 402 g/mol. The highest BCUT2D eigenvalue weighted by atomic mass is 32.1. The minimum Gasteiger partial charge on any atom is -0.471 e. The van der Waals surface area contributed by atoms with Crippen molar-refractivity contribution in [3.63, 3.8) is 0 Å². The molecule has 1 saturated heterocycles. The quantitative estimate of drug-likeness (QED) is 0.479. The third kappa shape index (κ3) is 3.71. The van der Waals surface area contributed by atoms with Gasteiger partial charge in [0.25, 0.3) is 0 Å². The van der Waals surface area contributed by atoms with Crippen LogP contribution in [0.3, 0.4) is 0 Å². The molecule has 1 aliphatic rings. The number of nitrogens with one attached hydrogen (secondary N) is 2. The van der Waals surface area contributed by atoms with Crippen LogP contribution in [0.2, 0.25) is 0 Å². The molecule has 9 nitrogen and oxygen atoms in total. The summed E-state index contributed by atoms with van der Waals surface area (Å²) in [6.45, 7) is 4.71. The molecular formula is C20H21N7O2S. The number of thiazole rings is 1. The summed E-state index contributed by atoms with van der Waals surface area (Å²) in [4.78, 5) is 8.72. The molecule has 0 spiro atoms. The third-order valence-electron chi connectivity index (χ3n) is 5.01. The zero-order valence-electron chi connectivity index (χ0n) is 16.6. The zero-order chi connectivity index (χ0) is 20.5. The van der Waals surface area contributed by atoms with Crippen molar-refractivity contribution in [2.24, 2.45) is 0 Å². The van der Waals surface area contributed by atoms with Crippen molar-refractivity contribution in [2.75, 3.05) is 11.9 Å². The average molecular weight is 424 g/mol. The Labute approximate surface area is 176 Å². The lowest BCUT2D eigenvalue weighted by molar-refractivity contribution is 0.0905. The van der Waals surface area contributed by atoms with Gasteiger partial charge in [0, 0.05) is 24.2 Å². The van der Waals surface area contributed by atoms with Gasteiger partial charge in [0.15, 0.2) is 11.6 Å². The fourth-order valence-electron chi connectivity index (χ4n) is 3.48. The molecule has 2 atom stereocenters. The number of H-pyrrole nitrogens is 1. The van der Waals surface area contributed by atoms with Gasteiger partial charge in [-0.25, -0.2) is 9.97 Å². The standard InChI is InChI=1S/C20H21N7O2S/c1-11(2)13-3-6-23-27-20(13)29-12-7-16(28-9-12)15-8-17(26-25-15)24-19-18-14(4-5-21-19)22-10-30-18/h3-6,8,10-12,16H,7,9H2,1-2H3,(H2,21,24,25,26)/t12-,16-/m1/s1. The van der Waals surface area contributed by atoms with E-state index in [1.165, 1.54) is 0 Å². The van der Waals surface area contributed by atoms with Crippen molar-refractivity contribution in [3.05, 3.63) is 47.4 Å². The van der Waals surface area contributed by atoms with Gasteiger partial charge in [-0.3, -0.25) is 5.10 Å². The van der Waals surface area contributed by atoms with Gasteiger partial charge in [-0.15, -0.1) is 16.4 Å². The molecule has 0 unspecified atom stereocenters. The summed E-state index contributed by atoms with van der Waals surface area (Å²) in [5.41, 5.74) is 4.66. The molecule has 0 saturated carbocycles. The van der Waals surface area contributed by atoms with Gasteiger partial charge in [0.1, 0.15) is 12.2 Å². The summed E-state index contributed by atoms with van der Waals surface area (Å²) < 4.78 is 13.0. The van der Waals surface area contributed by atoms with Crippen molar-refractivity contribution < 1.29 is 9.47 Å². The van der Waals surface area contributed by atoms with Crippen LogP contribution in [0.15, 0.2) is 36.1 Å². The number of hydrogen-bond donors (Lipinski definition) is 2.